The van der Waals surface area contributed by atoms with Crippen LogP contribution in [0.1, 0.15) is 31.7 Å². The van der Waals surface area contributed by atoms with Crippen molar-refractivity contribution in [1.29, 1.82) is 0 Å². The predicted molar refractivity (Wildman–Crippen MR) is 125 cm³/mol. The molecule has 5 rings (SSSR count). The lowest BCUT2D eigenvalue weighted by Crippen LogP contribution is -2.37. The second-order valence-corrected chi connectivity index (χ2v) is 9.18. The number of carbonyl (C=O) groups excluding carboxylic acids is 1. The normalized spacial score (nSPS) is 18.3. The lowest BCUT2D eigenvalue weighted by atomic mass is 10.1. The van der Waals surface area contributed by atoms with Gasteiger partial charge >= 0.3 is 0 Å². The average Bonchev–Trinajstić information content (AvgIpc) is 3.39. The van der Waals surface area contributed by atoms with Crippen LogP contribution in [0.25, 0.3) is 5.69 Å². The van der Waals surface area contributed by atoms with Crippen LogP contribution in [0, 0.1) is 0 Å². The number of rotatable bonds is 5. The molecule has 3 aromatic rings. The first-order valence-electron chi connectivity index (χ1n) is 11.0. The number of hydrogen-bond acceptors (Lipinski definition) is 5. The van der Waals surface area contributed by atoms with Crippen molar-refractivity contribution in [2.24, 2.45) is 0 Å². The van der Waals surface area contributed by atoms with E-state index in [4.69, 9.17) is 0 Å². The van der Waals surface area contributed by atoms with Crippen LogP contribution in [0.4, 0.5) is 11.6 Å². The number of carbonyl (C=O) groups is 1. The summed E-state index contributed by atoms with van der Waals surface area (Å²) in [6.45, 7) is 4.11. The summed E-state index contributed by atoms with van der Waals surface area (Å²) in [7, 11) is 0. The molecule has 1 atom stereocenters. The Morgan fingerprint density at radius 3 is 2.55 bits per heavy atom. The van der Waals surface area contributed by atoms with Gasteiger partial charge in [-0.15, -0.1) is 10.2 Å². The number of aromatic nitrogens is 3. The fourth-order valence-corrected chi connectivity index (χ4v) is 5.41. The molecule has 1 fully saturated rings. The molecule has 0 aliphatic carbocycles. The van der Waals surface area contributed by atoms with Gasteiger partial charge in [-0.25, -0.2) is 0 Å². The molecule has 6 nitrogen and oxygen atoms in total. The summed E-state index contributed by atoms with van der Waals surface area (Å²) in [5, 5.41) is 9.79. The summed E-state index contributed by atoms with van der Waals surface area (Å²) in [6, 6.07) is 18.6. The second-order valence-electron chi connectivity index (χ2n) is 8.24. The van der Waals surface area contributed by atoms with Crippen molar-refractivity contribution in [1.82, 2.24) is 14.8 Å². The number of para-hydroxylation sites is 2. The van der Waals surface area contributed by atoms with E-state index in [2.05, 4.69) is 44.8 Å². The fraction of sp³-hybridized carbons (Fsp3) is 0.375. The van der Waals surface area contributed by atoms with Gasteiger partial charge in [0.05, 0.1) is 11.4 Å². The monoisotopic (exact) mass is 433 g/mol. The van der Waals surface area contributed by atoms with Crippen LogP contribution >= 0.6 is 11.8 Å². The molecule has 0 N–H and O–H groups in total. The minimum absolute atomic E-state index is 0.115. The number of thioether (sulfide) groups is 1. The number of benzene rings is 2. The highest BCUT2D eigenvalue weighted by molar-refractivity contribution is 7.99. The van der Waals surface area contributed by atoms with E-state index >= 15 is 0 Å². The molecule has 0 bridgehead atoms. The van der Waals surface area contributed by atoms with Gasteiger partial charge in [0.25, 0.3) is 0 Å². The van der Waals surface area contributed by atoms with Gasteiger partial charge in [0.1, 0.15) is 0 Å². The average molecular weight is 434 g/mol. The van der Waals surface area contributed by atoms with Gasteiger partial charge in [0.2, 0.25) is 11.9 Å². The first-order valence-corrected chi connectivity index (χ1v) is 12.0. The highest BCUT2D eigenvalue weighted by atomic mass is 32.2. The topological polar surface area (TPSA) is 54.3 Å². The lowest BCUT2D eigenvalue weighted by Gasteiger charge is -2.28. The zero-order valence-electron chi connectivity index (χ0n) is 17.8. The van der Waals surface area contributed by atoms with Crippen LogP contribution in [0.5, 0.6) is 0 Å². The molecular formula is C24H27N5OS. The van der Waals surface area contributed by atoms with E-state index in [1.54, 1.807) is 0 Å². The number of hydrogen-bond donors (Lipinski definition) is 0. The molecule has 1 amide bonds. The Morgan fingerprint density at radius 2 is 1.74 bits per heavy atom. The van der Waals surface area contributed by atoms with Crippen LogP contribution in [-0.2, 0) is 11.2 Å². The van der Waals surface area contributed by atoms with Crippen LogP contribution < -0.4 is 9.80 Å². The third kappa shape index (κ3) is 3.94. The Balaban J connectivity index is 1.39. The van der Waals surface area contributed by atoms with Crippen molar-refractivity contribution in [3.05, 3.63) is 60.2 Å². The van der Waals surface area contributed by atoms with Gasteiger partial charge < -0.3 is 9.80 Å². The van der Waals surface area contributed by atoms with Crippen LogP contribution in [0.15, 0.2) is 59.8 Å². The highest BCUT2D eigenvalue weighted by Gasteiger charge is 2.31. The predicted octanol–water partition coefficient (Wildman–Crippen LogP) is 4.33. The molecule has 2 aliphatic rings. The van der Waals surface area contributed by atoms with Gasteiger partial charge in [-0.3, -0.25) is 9.36 Å². The molecule has 2 aliphatic heterocycles. The van der Waals surface area contributed by atoms with E-state index in [1.165, 1.54) is 36.6 Å². The zero-order chi connectivity index (χ0) is 21.2. The maximum absolute atomic E-state index is 13.2. The first-order chi connectivity index (χ1) is 15.2. The summed E-state index contributed by atoms with van der Waals surface area (Å²) in [6.07, 6.45) is 4.53. The Kier molecular flexibility index (Phi) is 5.68. The SMILES string of the molecule is C[C@@H]1Cc2ccccc2N1C(=O)CSc1nnc(N2CCCCC2)n1-c1ccccc1. The van der Waals surface area contributed by atoms with Crippen molar-refractivity contribution in [2.45, 2.75) is 43.8 Å². The Bertz CT molecular complexity index is 1060. The number of fused-ring (bicyclic) bond motifs is 1. The molecule has 160 valence electrons. The van der Waals surface area contributed by atoms with E-state index in [-0.39, 0.29) is 11.9 Å². The molecule has 0 radical (unpaired) electrons. The third-order valence-corrected chi connectivity index (χ3v) is 6.98. The van der Waals surface area contributed by atoms with Crippen LogP contribution in [0.3, 0.4) is 0 Å². The molecule has 1 saturated heterocycles. The van der Waals surface area contributed by atoms with Crippen LogP contribution in [-0.4, -0.2) is 45.6 Å². The van der Waals surface area contributed by atoms with Crippen molar-refractivity contribution in [3.8, 4) is 5.69 Å². The molecule has 7 heteroatoms. The van der Waals surface area contributed by atoms with E-state index in [9.17, 15) is 4.79 Å². The number of nitrogens with zero attached hydrogens (tertiary/aromatic N) is 5. The zero-order valence-corrected chi connectivity index (χ0v) is 18.6. The first kappa shape index (κ1) is 20.1. The summed E-state index contributed by atoms with van der Waals surface area (Å²) >= 11 is 1.47. The Morgan fingerprint density at radius 1 is 1.00 bits per heavy atom. The smallest absolute Gasteiger partial charge is 0.237 e. The van der Waals surface area contributed by atoms with Gasteiger partial charge in [-0.05, 0) is 56.4 Å². The number of amides is 1. The largest absolute Gasteiger partial charge is 0.341 e. The second kappa shape index (κ2) is 8.75. The van der Waals surface area contributed by atoms with Crippen molar-refractivity contribution in [3.63, 3.8) is 0 Å². The molecule has 31 heavy (non-hydrogen) atoms. The van der Waals surface area contributed by atoms with Crippen molar-refractivity contribution < 1.29 is 4.79 Å². The number of anilines is 2. The molecule has 3 heterocycles. The molecule has 2 aromatic carbocycles. The quantitative estimate of drug-likeness (QED) is 0.561. The van der Waals surface area contributed by atoms with E-state index in [0.29, 0.717) is 5.75 Å². The molecule has 0 saturated carbocycles. The van der Waals surface area contributed by atoms with Gasteiger partial charge in [-0.2, -0.15) is 0 Å². The van der Waals surface area contributed by atoms with Gasteiger partial charge in [-0.1, -0.05) is 48.2 Å². The summed E-state index contributed by atoms with van der Waals surface area (Å²) in [5.41, 5.74) is 3.32. The minimum Gasteiger partial charge on any atom is -0.341 e. The van der Waals surface area contributed by atoms with Gasteiger partial charge in [0.15, 0.2) is 5.16 Å². The van der Waals surface area contributed by atoms with Crippen molar-refractivity contribution >= 4 is 29.3 Å². The minimum atomic E-state index is 0.115. The van der Waals surface area contributed by atoms with E-state index in [1.807, 2.05) is 41.3 Å². The van der Waals surface area contributed by atoms with E-state index in [0.717, 1.165) is 42.0 Å². The standard InChI is InChI=1S/C24H27N5OS/c1-18-16-19-10-6-7-13-21(19)28(18)22(30)17-31-24-26-25-23(27-14-8-3-9-15-27)29(24)20-11-4-2-5-12-20/h2,4-7,10-13,18H,3,8-9,14-17H2,1H3/t18-/m1/s1. The summed E-state index contributed by atoms with van der Waals surface area (Å²) in [5.74, 6) is 1.33. The summed E-state index contributed by atoms with van der Waals surface area (Å²) in [4.78, 5) is 17.4. The number of piperidine rings is 1. The summed E-state index contributed by atoms with van der Waals surface area (Å²) < 4.78 is 2.10. The van der Waals surface area contributed by atoms with Crippen molar-refractivity contribution in [2.75, 3.05) is 28.6 Å². The van der Waals surface area contributed by atoms with E-state index < -0.39 is 0 Å². The molecule has 1 aromatic heterocycles. The maximum atomic E-state index is 13.2. The molecular weight excluding hydrogens is 406 g/mol. The van der Waals surface area contributed by atoms with Crippen LogP contribution in [0.2, 0.25) is 0 Å². The molecule has 0 spiro atoms. The van der Waals surface area contributed by atoms with Gasteiger partial charge in [0, 0.05) is 24.8 Å². The highest BCUT2D eigenvalue weighted by Crippen LogP contribution is 2.33. The lowest BCUT2D eigenvalue weighted by molar-refractivity contribution is -0.116. The molecule has 0 unspecified atom stereocenters. The fourth-order valence-electron chi connectivity index (χ4n) is 4.60. The Hall–Kier alpha value is -2.80. The third-order valence-electron chi connectivity index (χ3n) is 6.07. The maximum Gasteiger partial charge on any atom is 0.237 e. The Labute approximate surface area is 187 Å².